The molecule has 1 aromatic heterocycles. The minimum absolute atomic E-state index is 0.165. The van der Waals surface area contributed by atoms with Crippen molar-refractivity contribution in [1.29, 1.82) is 0 Å². The van der Waals surface area contributed by atoms with Gasteiger partial charge in [0.05, 0.1) is 17.7 Å². The quantitative estimate of drug-likeness (QED) is 0.616. The number of amides is 3. The summed E-state index contributed by atoms with van der Waals surface area (Å²) >= 11 is 3.39. The fourth-order valence-corrected chi connectivity index (χ4v) is 3.27. The van der Waals surface area contributed by atoms with Crippen LogP contribution in [0.3, 0.4) is 0 Å². The summed E-state index contributed by atoms with van der Waals surface area (Å²) < 4.78 is 6.72. The number of nitrogens with zero attached hydrogens (tertiary/aromatic N) is 1. The van der Waals surface area contributed by atoms with Crippen LogP contribution < -0.4 is 5.32 Å². The number of carbonyl (C=O) groups excluding carboxylic acids is 3. The van der Waals surface area contributed by atoms with Gasteiger partial charge in [0.15, 0.2) is 0 Å². The summed E-state index contributed by atoms with van der Waals surface area (Å²) in [6.07, 6.45) is 0. The molecule has 0 fully saturated rings. The molecule has 0 saturated carbocycles. The van der Waals surface area contributed by atoms with E-state index in [9.17, 15) is 14.4 Å². The van der Waals surface area contributed by atoms with Crippen molar-refractivity contribution < 1.29 is 18.8 Å². The molecule has 1 N–H and O–H groups in total. The summed E-state index contributed by atoms with van der Waals surface area (Å²) in [5, 5.41) is 2.68. The number of imide groups is 1. The van der Waals surface area contributed by atoms with Crippen molar-refractivity contribution >= 4 is 33.7 Å². The molecular weight excluding hydrogens is 424 g/mol. The Morgan fingerprint density at radius 1 is 0.929 bits per heavy atom. The van der Waals surface area contributed by atoms with Crippen LogP contribution in [0.15, 0.2) is 69.6 Å². The molecule has 4 rings (SSSR count). The molecule has 0 saturated heterocycles. The van der Waals surface area contributed by atoms with E-state index in [0.29, 0.717) is 22.6 Å². The van der Waals surface area contributed by atoms with Crippen molar-refractivity contribution in [3.05, 3.63) is 82.0 Å². The molecule has 0 bridgehead atoms. The summed E-state index contributed by atoms with van der Waals surface area (Å²) in [6, 6.07) is 17.8. The molecule has 1 aliphatic heterocycles. The Kier molecular flexibility index (Phi) is 4.83. The highest BCUT2D eigenvalue weighted by Gasteiger charge is 2.36. The number of nitrogens with one attached hydrogen (secondary N) is 1. The average Bonchev–Trinajstić information content (AvgIpc) is 3.27. The number of furan rings is 1. The zero-order valence-electron chi connectivity index (χ0n) is 14.6. The van der Waals surface area contributed by atoms with Crippen LogP contribution in [0, 0.1) is 0 Å². The van der Waals surface area contributed by atoms with E-state index >= 15 is 0 Å². The fourth-order valence-electron chi connectivity index (χ4n) is 3.01. The molecule has 3 aromatic rings. The lowest BCUT2D eigenvalue weighted by Crippen LogP contribution is -2.40. The van der Waals surface area contributed by atoms with E-state index in [1.165, 1.54) is 0 Å². The first kappa shape index (κ1) is 18.2. The Bertz CT molecular complexity index is 1040. The van der Waals surface area contributed by atoms with Gasteiger partial charge in [0.1, 0.15) is 18.1 Å². The van der Waals surface area contributed by atoms with Gasteiger partial charge in [-0.25, -0.2) is 0 Å². The van der Waals surface area contributed by atoms with Crippen molar-refractivity contribution in [2.24, 2.45) is 0 Å². The maximum atomic E-state index is 12.3. The second kappa shape index (κ2) is 7.44. The number of carbonyl (C=O) groups is 3. The number of hydrogen-bond donors (Lipinski definition) is 1. The predicted octanol–water partition coefficient (Wildman–Crippen LogP) is 3.62. The number of hydrogen-bond acceptors (Lipinski definition) is 4. The highest BCUT2D eigenvalue weighted by molar-refractivity contribution is 9.10. The van der Waals surface area contributed by atoms with E-state index in [1.54, 1.807) is 30.3 Å². The standard InChI is InChI=1S/C21H15BrN2O4/c22-14-7-5-13(6-8-14)18-10-9-15(28-18)11-23-19(25)12-24-20(26)16-3-1-2-4-17(16)21(24)27/h1-10H,11-12H2,(H,23,25). The molecule has 140 valence electrons. The second-order valence-corrected chi connectivity index (χ2v) is 7.21. The Hall–Kier alpha value is -3.19. The monoisotopic (exact) mass is 438 g/mol. The van der Waals surface area contributed by atoms with Crippen LogP contribution in [0.4, 0.5) is 0 Å². The minimum Gasteiger partial charge on any atom is -0.459 e. The molecule has 3 amide bonds. The topological polar surface area (TPSA) is 79.6 Å². The van der Waals surface area contributed by atoms with E-state index < -0.39 is 17.7 Å². The van der Waals surface area contributed by atoms with Crippen molar-refractivity contribution in [3.63, 3.8) is 0 Å². The predicted molar refractivity (Wildman–Crippen MR) is 105 cm³/mol. The lowest BCUT2D eigenvalue weighted by molar-refractivity contribution is -0.121. The zero-order valence-corrected chi connectivity index (χ0v) is 16.2. The Balaban J connectivity index is 1.36. The van der Waals surface area contributed by atoms with Crippen LogP contribution in [-0.2, 0) is 11.3 Å². The van der Waals surface area contributed by atoms with Crippen LogP contribution in [0.1, 0.15) is 26.5 Å². The van der Waals surface area contributed by atoms with Gasteiger partial charge in [-0.3, -0.25) is 19.3 Å². The molecule has 0 atom stereocenters. The smallest absolute Gasteiger partial charge is 0.262 e. The molecule has 0 radical (unpaired) electrons. The SMILES string of the molecule is O=C(CN1C(=O)c2ccccc2C1=O)NCc1ccc(-c2ccc(Br)cc2)o1. The zero-order chi connectivity index (χ0) is 19.7. The third-order valence-electron chi connectivity index (χ3n) is 4.43. The number of halogens is 1. The maximum absolute atomic E-state index is 12.3. The first-order chi connectivity index (χ1) is 13.5. The van der Waals surface area contributed by atoms with Crippen LogP contribution in [0.2, 0.25) is 0 Å². The lowest BCUT2D eigenvalue weighted by atomic mass is 10.1. The second-order valence-electron chi connectivity index (χ2n) is 6.29. The van der Waals surface area contributed by atoms with E-state index in [2.05, 4.69) is 21.2 Å². The number of benzene rings is 2. The number of fused-ring (bicyclic) bond motifs is 1. The summed E-state index contributed by atoms with van der Waals surface area (Å²) in [5.41, 5.74) is 1.57. The van der Waals surface area contributed by atoms with Crippen molar-refractivity contribution in [1.82, 2.24) is 10.2 Å². The van der Waals surface area contributed by atoms with Gasteiger partial charge in [0, 0.05) is 10.0 Å². The molecule has 6 nitrogen and oxygen atoms in total. The van der Waals surface area contributed by atoms with Crippen molar-refractivity contribution in [2.45, 2.75) is 6.54 Å². The Morgan fingerprint density at radius 2 is 1.57 bits per heavy atom. The van der Waals surface area contributed by atoms with Gasteiger partial charge >= 0.3 is 0 Å². The lowest BCUT2D eigenvalue weighted by Gasteiger charge is -2.13. The molecule has 1 aliphatic rings. The molecule has 2 aromatic carbocycles. The van der Waals surface area contributed by atoms with Gasteiger partial charge in [-0.1, -0.05) is 40.2 Å². The normalized spacial score (nSPS) is 13.0. The first-order valence-electron chi connectivity index (χ1n) is 8.59. The van der Waals surface area contributed by atoms with Crippen LogP contribution >= 0.6 is 15.9 Å². The fraction of sp³-hybridized carbons (Fsp3) is 0.0952. The highest BCUT2D eigenvalue weighted by Crippen LogP contribution is 2.24. The van der Waals surface area contributed by atoms with Gasteiger partial charge in [0.2, 0.25) is 5.91 Å². The van der Waals surface area contributed by atoms with Gasteiger partial charge < -0.3 is 9.73 Å². The third-order valence-corrected chi connectivity index (χ3v) is 4.96. The summed E-state index contributed by atoms with van der Waals surface area (Å²) in [4.78, 5) is 37.8. The average molecular weight is 439 g/mol. The molecule has 0 unspecified atom stereocenters. The van der Waals surface area contributed by atoms with Crippen molar-refractivity contribution in [3.8, 4) is 11.3 Å². The van der Waals surface area contributed by atoms with Crippen LogP contribution in [0.25, 0.3) is 11.3 Å². The third kappa shape index (κ3) is 3.48. The molecule has 7 heteroatoms. The minimum atomic E-state index is -0.453. The first-order valence-corrected chi connectivity index (χ1v) is 9.39. The largest absolute Gasteiger partial charge is 0.459 e. The van der Waals surface area contributed by atoms with Crippen LogP contribution in [0.5, 0.6) is 0 Å². The summed E-state index contributed by atoms with van der Waals surface area (Å²) in [7, 11) is 0. The highest BCUT2D eigenvalue weighted by atomic mass is 79.9. The summed E-state index contributed by atoms with van der Waals surface area (Å²) in [6.45, 7) is -0.162. The molecule has 0 spiro atoms. The number of rotatable bonds is 5. The molecule has 28 heavy (non-hydrogen) atoms. The Labute approximate surface area is 169 Å². The van der Waals surface area contributed by atoms with Crippen LogP contribution in [-0.4, -0.2) is 29.2 Å². The van der Waals surface area contributed by atoms with Gasteiger partial charge in [-0.15, -0.1) is 0 Å². The maximum Gasteiger partial charge on any atom is 0.262 e. The van der Waals surface area contributed by atoms with E-state index in [4.69, 9.17) is 4.42 Å². The van der Waals surface area contributed by atoms with Gasteiger partial charge in [-0.05, 0) is 36.4 Å². The van der Waals surface area contributed by atoms with E-state index in [0.717, 1.165) is 14.9 Å². The molecular formula is C21H15BrN2O4. The van der Waals surface area contributed by atoms with E-state index in [1.807, 2.05) is 30.3 Å². The van der Waals surface area contributed by atoms with Crippen molar-refractivity contribution in [2.75, 3.05) is 6.54 Å². The van der Waals surface area contributed by atoms with Gasteiger partial charge in [-0.2, -0.15) is 0 Å². The summed E-state index contributed by atoms with van der Waals surface area (Å²) in [5.74, 6) is -0.0700. The van der Waals surface area contributed by atoms with Gasteiger partial charge in [0.25, 0.3) is 11.8 Å². The molecule has 0 aliphatic carbocycles. The van der Waals surface area contributed by atoms with E-state index in [-0.39, 0.29) is 13.1 Å². The Morgan fingerprint density at radius 3 is 2.21 bits per heavy atom. The molecule has 2 heterocycles.